The number of benzene rings is 1. The molecule has 2 heterocycles. The van der Waals surface area contributed by atoms with E-state index in [2.05, 4.69) is 16.0 Å². The number of nitrogens with one attached hydrogen (secondary N) is 3. The summed E-state index contributed by atoms with van der Waals surface area (Å²) in [4.78, 5) is 81.0. The first-order chi connectivity index (χ1) is 21.0. The fourth-order valence-electron chi connectivity index (χ4n) is 5.79. The highest BCUT2D eigenvalue weighted by atomic mass is 16.2. The molecule has 0 spiro atoms. The van der Waals surface area contributed by atoms with Crippen LogP contribution in [-0.4, -0.2) is 95.5 Å². The van der Waals surface area contributed by atoms with E-state index in [0.717, 1.165) is 5.56 Å². The van der Waals surface area contributed by atoms with Gasteiger partial charge in [-0.15, -0.1) is 0 Å². The average Bonchev–Trinajstić information content (AvgIpc) is 3.72. The van der Waals surface area contributed by atoms with Gasteiger partial charge in [-0.3, -0.25) is 28.8 Å². The molecule has 1 aromatic rings. The third-order valence-corrected chi connectivity index (χ3v) is 8.67. The molecule has 6 atom stereocenters. The van der Waals surface area contributed by atoms with Gasteiger partial charge in [-0.2, -0.15) is 0 Å². The topological polar surface area (TPSA) is 171 Å². The van der Waals surface area contributed by atoms with Gasteiger partial charge in [0, 0.05) is 19.5 Å². The predicted octanol–water partition coefficient (Wildman–Crippen LogP) is 0.436. The van der Waals surface area contributed by atoms with E-state index in [1.807, 2.05) is 50.5 Å². The van der Waals surface area contributed by atoms with Gasteiger partial charge in [-0.05, 0) is 43.1 Å². The molecule has 2 fully saturated rings. The fraction of sp³-hybridized carbons (Fsp3) is 0.625. The van der Waals surface area contributed by atoms with Crippen molar-refractivity contribution in [3.05, 3.63) is 35.9 Å². The van der Waals surface area contributed by atoms with Crippen LogP contribution < -0.4 is 21.7 Å². The van der Waals surface area contributed by atoms with Crippen molar-refractivity contribution in [1.29, 1.82) is 0 Å². The van der Waals surface area contributed by atoms with Gasteiger partial charge in [0.2, 0.25) is 35.8 Å². The van der Waals surface area contributed by atoms with E-state index in [0.29, 0.717) is 45.2 Å². The highest BCUT2D eigenvalue weighted by Crippen LogP contribution is 2.25. The number of carbonyl (C=O) groups is 5. The molecule has 1 aromatic carbocycles. The van der Waals surface area contributed by atoms with Crippen molar-refractivity contribution >= 4 is 35.8 Å². The molecule has 0 aromatic heterocycles. The molecule has 2 aliphatic heterocycles. The molecular weight excluding hydrogens is 564 g/mol. The Labute approximate surface area is 259 Å². The first-order valence-electron chi connectivity index (χ1n) is 15.6. The van der Waals surface area contributed by atoms with Crippen LogP contribution in [0.1, 0.15) is 65.4 Å². The van der Waals surface area contributed by atoms with Crippen LogP contribution in [0, 0.1) is 11.8 Å². The van der Waals surface area contributed by atoms with Crippen molar-refractivity contribution in [2.24, 2.45) is 17.6 Å². The molecule has 0 saturated carbocycles. The number of hydrogen-bond acceptors (Lipinski definition) is 7. The Morgan fingerprint density at radius 1 is 0.909 bits per heavy atom. The SMILES string of the molecule is CC[C@H](C)[C@H](NC(=O)[C@H](Cc1ccccc1)NC(=O)[C@@H]1CCCN1C(=O)[C@@H]1CCCN1C(=O)CN)C(=O)N[C@H]([C]=O)C(C)C. The van der Waals surface area contributed by atoms with Gasteiger partial charge in [0.15, 0.2) is 0 Å². The van der Waals surface area contributed by atoms with E-state index >= 15 is 0 Å². The van der Waals surface area contributed by atoms with E-state index in [1.54, 1.807) is 13.8 Å². The zero-order chi connectivity index (χ0) is 32.4. The third kappa shape index (κ3) is 8.64. The predicted molar refractivity (Wildman–Crippen MR) is 164 cm³/mol. The van der Waals surface area contributed by atoms with Crippen LogP contribution in [0.2, 0.25) is 0 Å². The van der Waals surface area contributed by atoms with Crippen LogP contribution in [0.15, 0.2) is 30.3 Å². The Bertz CT molecular complexity index is 1180. The molecule has 2 aliphatic rings. The number of hydrogen-bond donors (Lipinski definition) is 4. The molecule has 12 heteroatoms. The molecule has 2 saturated heterocycles. The molecular formula is C32H47N6O6. The van der Waals surface area contributed by atoms with Crippen LogP contribution in [0.25, 0.3) is 0 Å². The second kappa shape index (κ2) is 16.3. The van der Waals surface area contributed by atoms with Gasteiger partial charge in [-0.1, -0.05) is 64.4 Å². The summed E-state index contributed by atoms with van der Waals surface area (Å²) in [7, 11) is 0. The second-order valence-electron chi connectivity index (χ2n) is 12.1. The van der Waals surface area contributed by atoms with Crippen LogP contribution in [0.5, 0.6) is 0 Å². The lowest BCUT2D eigenvalue weighted by molar-refractivity contribution is -0.146. The maximum absolute atomic E-state index is 13.8. The summed E-state index contributed by atoms with van der Waals surface area (Å²) >= 11 is 0. The molecule has 5 N–H and O–H groups in total. The number of rotatable bonds is 14. The van der Waals surface area contributed by atoms with E-state index in [4.69, 9.17) is 5.73 Å². The van der Waals surface area contributed by atoms with E-state index in [1.165, 1.54) is 9.80 Å². The lowest BCUT2D eigenvalue weighted by Crippen LogP contribution is -2.60. The standard InChI is InChI=1S/C32H47N6O6/c1-5-21(4)28(31(43)35-24(19-39)20(2)3)36-29(41)23(17-22-11-7-6-8-12-22)34-30(42)25-13-9-16-38(25)32(44)26-14-10-15-37(26)27(40)18-33/h6-8,11-12,20-21,23-26,28H,5,9-10,13-18,33H2,1-4H3,(H,34,42)(H,35,43)(H,36,41)/t21-,23-,24+,25-,26-,28-/m0/s1. The average molecular weight is 612 g/mol. The number of nitrogens with zero attached hydrogens (tertiary/aromatic N) is 2. The molecule has 0 bridgehead atoms. The minimum atomic E-state index is -1.04. The first-order valence-corrected chi connectivity index (χ1v) is 15.6. The quantitative estimate of drug-likeness (QED) is 0.236. The van der Waals surface area contributed by atoms with Gasteiger partial charge >= 0.3 is 0 Å². The molecule has 5 amide bonds. The van der Waals surface area contributed by atoms with Gasteiger partial charge in [-0.25, -0.2) is 0 Å². The van der Waals surface area contributed by atoms with E-state index in [9.17, 15) is 28.8 Å². The molecule has 1 radical (unpaired) electrons. The summed E-state index contributed by atoms with van der Waals surface area (Å²) < 4.78 is 0. The lowest BCUT2D eigenvalue weighted by atomic mass is 9.96. The summed E-state index contributed by atoms with van der Waals surface area (Å²) in [5, 5.41) is 8.36. The third-order valence-electron chi connectivity index (χ3n) is 8.67. The second-order valence-corrected chi connectivity index (χ2v) is 12.1. The van der Waals surface area contributed by atoms with Crippen molar-refractivity contribution in [3.8, 4) is 0 Å². The molecule has 12 nitrogen and oxygen atoms in total. The van der Waals surface area contributed by atoms with Gasteiger partial charge in [0.25, 0.3) is 0 Å². The molecule has 0 aliphatic carbocycles. The Kier molecular flexibility index (Phi) is 12.9. The molecule has 0 unspecified atom stereocenters. The maximum Gasteiger partial charge on any atom is 0.246 e. The van der Waals surface area contributed by atoms with E-state index < -0.39 is 47.9 Å². The van der Waals surface area contributed by atoms with Gasteiger partial charge in [0.1, 0.15) is 24.2 Å². The monoisotopic (exact) mass is 611 g/mol. The summed E-state index contributed by atoms with van der Waals surface area (Å²) in [5.74, 6) is -2.55. The van der Waals surface area contributed by atoms with Crippen molar-refractivity contribution in [1.82, 2.24) is 25.8 Å². The smallest absolute Gasteiger partial charge is 0.246 e. The summed E-state index contributed by atoms with van der Waals surface area (Å²) in [6.07, 6.45) is 4.80. The fourth-order valence-corrected chi connectivity index (χ4v) is 5.79. The normalized spacial score (nSPS) is 20.9. The van der Waals surface area contributed by atoms with E-state index in [-0.39, 0.29) is 36.6 Å². The minimum absolute atomic E-state index is 0.159. The number of nitrogens with two attached hydrogens (primary N) is 1. The first kappa shape index (κ1) is 34.7. The van der Waals surface area contributed by atoms with Gasteiger partial charge in [0.05, 0.1) is 12.6 Å². The summed E-state index contributed by atoms with van der Waals surface area (Å²) in [6.45, 7) is 7.92. The highest BCUT2D eigenvalue weighted by molar-refractivity contribution is 5.96. The van der Waals surface area contributed by atoms with Crippen molar-refractivity contribution in [2.75, 3.05) is 19.6 Å². The minimum Gasteiger partial charge on any atom is -0.344 e. The van der Waals surface area contributed by atoms with Crippen LogP contribution in [0.3, 0.4) is 0 Å². The lowest BCUT2D eigenvalue weighted by Gasteiger charge is -2.32. The van der Waals surface area contributed by atoms with Crippen molar-refractivity contribution in [3.63, 3.8) is 0 Å². The number of amides is 5. The molecule has 44 heavy (non-hydrogen) atoms. The summed E-state index contributed by atoms with van der Waals surface area (Å²) in [6, 6.07) is 4.92. The Hall–Kier alpha value is -3.80. The van der Waals surface area contributed by atoms with Crippen molar-refractivity contribution in [2.45, 2.75) is 96.4 Å². The Morgan fingerprint density at radius 2 is 1.55 bits per heavy atom. The number of likely N-dealkylation sites (tertiary alicyclic amines) is 2. The largest absolute Gasteiger partial charge is 0.344 e. The molecule has 241 valence electrons. The Balaban J connectivity index is 1.80. The molecule has 3 rings (SSSR count). The van der Waals surface area contributed by atoms with Gasteiger partial charge < -0.3 is 31.5 Å². The Morgan fingerprint density at radius 3 is 2.14 bits per heavy atom. The zero-order valence-electron chi connectivity index (χ0n) is 26.2. The number of carbonyl (C=O) groups excluding carboxylic acids is 6. The summed E-state index contributed by atoms with van der Waals surface area (Å²) in [5.41, 5.74) is 6.35. The van der Waals surface area contributed by atoms with Crippen LogP contribution in [-0.2, 0) is 35.2 Å². The van der Waals surface area contributed by atoms with Crippen LogP contribution in [0.4, 0.5) is 0 Å². The van der Waals surface area contributed by atoms with Crippen molar-refractivity contribution < 1.29 is 28.8 Å². The highest BCUT2D eigenvalue weighted by Gasteiger charge is 2.42. The maximum atomic E-state index is 13.8. The zero-order valence-corrected chi connectivity index (χ0v) is 26.2. The van der Waals surface area contributed by atoms with Crippen LogP contribution >= 0.6 is 0 Å².